The summed E-state index contributed by atoms with van der Waals surface area (Å²) in [4.78, 5) is 0. The summed E-state index contributed by atoms with van der Waals surface area (Å²) in [6, 6.07) is 9.82. The van der Waals surface area contributed by atoms with Gasteiger partial charge in [-0.15, -0.1) is 0 Å². The van der Waals surface area contributed by atoms with Gasteiger partial charge in [0.05, 0.1) is 0 Å². The first-order valence-electron chi connectivity index (χ1n) is 4.11. The summed E-state index contributed by atoms with van der Waals surface area (Å²) in [6.07, 6.45) is 0. The fourth-order valence-electron chi connectivity index (χ4n) is 1.09. The van der Waals surface area contributed by atoms with E-state index in [4.69, 9.17) is 11.5 Å². The normalized spacial score (nSPS) is 14.3. The Morgan fingerprint density at radius 2 is 1.67 bits per heavy atom. The Morgan fingerprint density at radius 3 is 2.08 bits per heavy atom. The molecule has 0 bridgehead atoms. The standard InChI is InChI=1S/C10H16N2/c1-10(2,12)9(11)8-6-4-3-5-7-8/h3-7,9H,11-12H2,1-2H3/t9-/m0/s1. The lowest BCUT2D eigenvalue weighted by Gasteiger charge is -2.27. The first kappa shape index (κ1) is 9.23. The quantitative estimate of drug-likeness (QED) is 0.694. The number of benzene rings is 1. The van der Waals surface area contributed by atoms with Crippen molar-refractivity contribution in [2.24, 2.45) is 11.5 Å². The molecule has 0 saturated carbocycles. The number of hydrogen-bond donors (Lipinski definition) is 2. The van der Waals surface area contributed by atoms with Gasteiger partial charge in [-0.3, -0.25) is 0 Å². The molecule has 0 amide bonds. The van der Waals surface area contributed by atoms with Crippen LogP contribution in [0.3, 0.4) is 0 Å². The fourth-order valence-corrected chi connectivity index (χ4v) is 1.09. The zero-order chi connectivity index (χ0) is 9.19. The van der Waals surface area contributed by atoms with E-state index in [0.717, 1.165) is 5.56 Å². The molecule has 0 aromatic heterocycles. The summed E-state index contributed by atoms with van der Waals surface area (Å²) in [5, 5.41) is 0. The molecule has 0 heterocycles. The second-order valence-electron chi connectivity index (χ2n) is 3.71. The molecule has 1 atom stereocenters. The van der Waals surface area contributed by atoms with Crippen LogP contribution in [0.15, 0.2) is 30.3 Å². The van der Waals surface area contributed by atoms with Crippen LogP contribution in [-0.4, -0.2) is 5.54 Å². The minimum absolute atomic E-state index is 0.0984. The van der Waals surface area contributed by atoms with Crippen molar-refractivity contribution in [3.05, 3.63) is 35.9 Å². The van der Waals surface area contributed by atoms with Crippen LogP contribution in [-0.2, 0) is 0 Å². The Hall–Kier alpha value is -0.860. The second-order valence-corrected chi connectivity index (χ2v) is 3.71. The Bertz CT molecular complexity index is 236. The Kier molecular flexibility index (Phi) is 2.50. The summed E-state index contributed by atoms with van der Waals surface area (Å²) < 4.78 is 0. The average molecular weight is 164 g/mol. The van der Waals surface area contributed by atoms with Gasteiger partial charge < -0.3 is 11.5 Å². The van der Waals surface area contributed by atoms with Crippen LogP contribution in [0, 0.1) is 0 Å². The van der Waals surface area contributed by atoms with E-state index in [0.29, 0.717) is 0 Å². The molecule has 0 aliphatic rings. The highest BCUT2D eigenvalue weighted by Gasteiger charge is 2.21. The molecule has 0 radical (unpaired) electrons. The molecule has 2 nitrogen and oxygen atoms in total. The highest BCUT2D eigenvalue weighted by Crippen LogP contribution is 2.19. The summed E-state index contributed by atoms with van der Waals surface area (Å²) in [5.74, 6) is 0. The molecule has 1 aromatic rings. The smallest absolute Gasteiger partial charge is 0.0472 e. The molecule has 1 rings (SSSR count). The van der Waals surface area contributed by atoms with Gasteiger partial charge in [-0.2, -0.15) is 0 Å². The summed E-state index contributed by atoms with van der Waals surface area (Å²) >= 11 is 0. The molecule has 0 aliphatic carbocycles. The van der Waals surface area contributed by atoms with Crippen molar-refractivity contribution in [1.82, 2.24) is 0 Å². The van der Waals surface area contributed by atoms with Gasteiger partial charge in [0.2, 0.25) is 0 Å². The van der Waals surface area contributed by atoms with Crippen LogP contribution in [0.4, 0.5) is 0 Å². The highest BCUT2D eigenvalue weighted by molar-refractivity contribution is 5.21. The monoisotopic (exact) mass is 164 g/mol. The van der Waals surface area contributed by atoms with Crippen molar-refractivity contribution in [1.29, 1.82) is 0 Å². The molecular weight excluding hydrogens is 148 g/mol. The van der Waals surface area contributed by atoms with Crippen molar-refractivity contribution in [2.45, 2.75) is 25.4 Å². The van der Waals surface area contributed by atoms with Crippen LogP contribution in [0.2, 0.25) is 0 Å². The minimum Gasteiger partial charge on any atom is -0.324 e. The zero-order valence-electron chi connectivity index (χ0n) is 7.62. The molecule has 12 heavy (non-hydrogen) atoms. The van der Waals surface area contributed by atoms with Gasteiger partial charge in [-0.05, 0) is 19.4 Å². The largest absolute Gasteiger partial charge is 0.324 e. The number of nitrogens with two attached hydrogens (primary N) is 2. The third-order valence-electron chi connectivity index (χ3n) is 1.96. The predicted molar refractivity (Wildman–Crippen MR) is 51.6 cm³/mol. The van der Waals surface area contributed by atoms with Crippen molar-refractivity contribution in [2.75, 3.05) is 0 Å². The van der Waals surface area contributed by atoms with Crippen molar-refractivity contribution in [3.63, 3.8) is 0 Å². The summed E-state index contributed by atoms with van der Waals surface area (Å²) in [5.41, 5.74) is 12.6. The van der Waals surface area contributed by atoms with Gasteiger partial charge in [-0.25, -0.2) is 0 Å². The zero-order valence-corrected chi connectivity index (χ0v) is 7.62. The summed E-state index contributed by atoms with van der Waals surface area (Å²) in [6.45, 7) is 3.87. The molecule has 0 spiro atoms. The lowest BCUT2D eigenvalue weighted by atomic mass is 9.91. The van der Waals surface area contributed by atoms with E-state index < -0.39 is 0 Å². The lowest BCUT2D eigenvalue weighted by molar-refractivity contribution is 0.420. The van der Waals surface area contributed by atoms with Gasteiger partial charge in [-0.1, -0.05) is 30.3 Å². The van der Waals surface area contributed by atoms with E-state index in [1.165, 1.54) is 0 Å². The number of rotatable bonds is 2. The molecule has 0 unspecified atom stereocenters. The van der Waals surface area contributed by atoms with Gasteiger partial charge >= 0.3 is 0 Å². The topological polar surface area (TPSA) is 52.0 Å². The molecule has 66 valence electrons. The van der Waals surface area contributed by atoms with Gasteiger partial charge in [0, 0.05) is 11.6 Å². The first-order valence-corrected chi connectivity index (χ1v) is 4.11. The molecule has 0 saturated heterocycles. The van der Waals surface area contributed by atoms with Crippen molar-refractivity contribution < 1.29 is 0 Å². The second kappa shape index (κ2) is 3.25. The van der Waals surface area contributed by atoms with Gasteiger partial charge in [0.25, 0.3) is 0 Å². The maximum atomic E-state index is 5.95. The lowest BCUT2D eigenvalue weighted by Crippen LogP contribution is -2.43. The van der Waals surface area contributed by atoms with Crippen LogP contribution in [0.1, 0.15) is 25.5 Å². The van der Waals surface area contributed by atoms with E-state index in [9.17, 15) is 0 Å². The van der Waals surface area contributed by atoms with E-state index in [2.05, 4.69) is 0 Å². The third kappa shape index (κ3) is 2.06. The average Bonchev–Trinajstić information content (AvgIpc) is 2.03. The van der Waals surface area contributed by atoms with Crippen LogP contribution in [0.5, 0.6) is 0 Å². The maximum absolute atomic E-state index is 5.95. The Labute approximate surface area is 73.6 Å². The van der Waals surface area contributed by atoms with Gasteiger partial charge in [0.1, 0.15) is 0 Å². The van der Waals surface area contributed by atoms with E-state index >= 15 is 0 Å². The Morgan fingerprint density at radius 1 is 1.17 bits per heavy atom. The van der Waals surface area contributed by atoms with Crippen LogP contribution in [0.25, 0.3) is 0 Å². The first-order chi connectivity index (χ1) is 5.52. The van der Waals surface area contributed by atoms with E-state index in [1.54, 1.807) is 0 Å². The third-order valence-corrected chi connectivity index (χ3v) is 1.96. The SMILES string of the molecule is CC(C)(N)[C@@H](N)c1ccccc1. The van der Waals surface area contributed by atoms with Gasteiger partial charge in [0.15, 0.2) is 0 Å². The highest BCUT2D eigenvalue weighted by atomic mass is 14.8. The molecule has 0 fully saturated rings. The molecule has 2 heteroatoms. The number of hydrogen-bond acceptors (Lipinski definition) is 2. The summed E-state index contributed by atoms with van der Waals surface area (Å²) in [7, 11) is 0. The molecule has 0 aliphatic heterocycles. The van der Waals surface area contributed by atoms with Crippen LogP contribution < -0.4 is 11.5 Å². The van der Waals surface area contributed by atoms with Crippen molar-refractivity contribution >= 4 is 0 Å². The minimum atomic E-state index is -0.360. The fraction of sp³-hybridized carbons (Fsp3) is 0.400. The van der Waals surface area contributed by atoms with Crippen LogP contribution >= 0.6 is 0 Å². The van der Waals surface area contributed by atoms with E-state index in [-0.39, 0.29) is 11.6 Å². The molecular formula is C10H16N2. The predicted octanol–water partition coefficient (Wildman–Crippen LogP) is 1.42. The van der Waals surface area contributed by atoms with E-state index in [1.807, 2.05) is 44.2 Å². The maximum Gasteiger partial charge on any atom is 0.0472 e. The molecule has 4 N–H and O–H groups in total. The molecule has 1 aromatic carbocycles. The Balaban J connectivity index is 2.86. The van der Waals surface area contributed by atoms with Crippen molar-refractivity contribution in [3.8, 4) is 0 Å².